The minimum Gasteiger partial charge on any atom is -0.265 e. The first-order chi connectivity index (χ1) is 5.68. The van der Waals surface area contributed by atoms with E-state index >= 15 is 0 Å². The molecule has 0 fully saturated rings. The van der Waals surface area contributed by atoms with Crippen molar-refractivity contribution < 1.29 is 4.39 Å². The van der Waals surface area contributed by atoms with Crippen LogP contribution in [0.4, 0.5) is 4.39 Å². The monoisotopic (exact) mass is 228 g/mol. The van der Waals surface area contributed by atoms with Crippen LogP contribution in [0.2, 0.25) is 0 Å². The van der Waals surface area contributed by atoms with E-state index < -0.39 is 0 Å². The van der Waals surface area contributed by atoms with Gasteiger partial charge in [-0.05, 0) is 12.1 Å². The average Bonchev–Trinajstić information content (AvgIpc) is 2.31. The smallest absolute Gasteiger partial charge is 0.150 e. The number of aryl methyl sites for hydroxylation is 1. The van der Waals surface area contributed by atoms with E-state index in [9.17, 15) is 4.39 Å². The van der Waals surface area contributed by atoms with Gasteiger partial charge in [-0.25, -0.2) is 4.39 Å². The Morgan fingerprint density at radius 3 is 3.00 bits per heavy atom. The molecule has 0 saturated heterocycles. The molecule has 2 nitrogen and oxygen atoms in total. The van der Waals surface area contributed by atoms with Crippen LogP contribution in [0.5, 0.6) is 0 Å². The number of rotatable bonds is 0. The van der Waals surface area contributed by atoms with Crippen LogP contribution in [0.25, 0.3) is 10.9 Å². The van der Waals surface area contributed by atoms with E-state index in [4.69, 9.17) is 0 Å². The van der Waals surface area contributed by atoms with Crippen molar-refractivity contribution in [2.45, 2.75) is 0 Å². The standard InChI is InChI=1S/C8H6BrFN2/c1-12-8-5(4-11-12)2-6(9)3-7(8)10/h2-4H,1H3. The summed E-state index contributed by atoms with van der Waals surface area (Å²) >= 11 is 3.22. The maximum Gasteiger partial charge on any atom is 0.150 e. The summed E-state index contributed by atoms with van der Waals surface area (Å²) in [7, 11) is 1.72. The topological polar surface area (TPSA) is 17.8 Å². The van der Waals surface area contributed by atoms with Crippen LogP contribution >= 0.6 is 15.9 Å². The molecule has 1 aromatic heterocycles. The lowest BCUT2D eigenvalue weighted by molar-refractivity contribution is 0.625. The van der Waals surface area contributed by atoms with Gasteiger partial charge < -0.3 is 0 Å². The van der Waals surface area contributed by atoms with Crippen molar-refractivity contribution in [1.29, 1.82) is 0 Å². The van der Waals surface area contributed by atoms with Crippen molar-refractivity contribution in [2.75, 3.05) is 0 Å². The molecule has 1 heterocycles. The van der Waals surface area contributed by atoms with Gasteiger partial charge in [0.05, 0.1) is 6.20 Å². The molecule has 0 aliphatic heterocycles. The van der Waals surface area contributed by atoms with Crippen LogP contribution in [-0.2, 0) is 7.05 Å². The molecule has 0 saturated carbocycles. The second-order valence-electron chi connectivity index (χ2n) is 2.59. The first-order valence-corrected chi connectivity index (χ1v) is 4.24. The molecule has 12 heavy (non-hydrogen) atoms. The molecule has 0 aliphatic carbocycles. The molecule has 1 aromatic carbocycles. The van der Waals surface area contributed by atoms with E-state index in [-0.39, 0.29) is 5.82 Å². The largest absolute Gasteiger partial charge is 0.265 e. The Hall–Kier alpha value is -0.900. The molecule has 0 radical (unpaired) electrons. The number of hydrogen-bond donors (Lipinski definition) is 0. The molecular formula is C8H6BrFN2. The number of halogens is 2. The summed E-state index contributed by atoms with van der Waals surface area (Å²) in [5.41, 5.74) is 0.540. The van der Waals surface area contributed by atoms with E-state index in [1.165, 1.54) is 10.7 Å². The Bertz CT molecular complexity index is 436. The lowest BCUT2D eigenvalue weighted by Gasteiger charge is -1.96. The zero-order chi connectivity index (χ0) is 8.72. The van der Waals surface area contributed by atoms with Crippen LogP contribution in [0.1, 0.15) is 0 Å². The van der Waals surface area contributed by atoms with Crippen molar-refractivity contribution >= 4 is 26.8 Å². The van der Waals surface area contributed by atoms with E-state index in [1.54, 1.807) is 13.2 Å². The van der Waals surface area contributed by atoms with E-state index in [0.29, 0.717) is 5.52 Å². The number of benzene rings is 1. The van der Waals surface area contributed by atoms with Crippen LogP contribution in [0.15, 0.2) is 22.8 Å². The Kier molecular flexibility index (Phi) is 1.65. The highest BCUT2D eigenvalue weighted by molar-refractivity contribution is 9.10. The molecule has 0 bridgehead atoms. The van der Waals surface area contributed by atoms with E-state index in [2.05, 4.69) is 21.0 Å². The van der Waals surface area contributed by atoms with Crippen LogP contribution < -0.4 is 0 Å². The quantitative estimate of drug-likeness (QED) is 0.678. The zero-order valence-electron chi connectivity index (χ0n) is 6.38. The number of nitrogens with zero attached hydrogens (tertiary/aromatic N) is 2. The predicted octanol–water partition coefficient (Wildman–Crippen LogP) is 2.47. The van der Waals surface area contributed by atoms with Crippen molar-refractivity contribution in [1.82, 2.24) is 9.78 Å². The summed E-state index contributed by atoms with van der Waals surface area (Å²) in [4.78, 5) is 0. The Labute approximate surface area is 77.1 Å². The normalized spacial score (nSPS) is 10.9. The van der Waals surface area contributed by atoms with Crippen LogP contribution in [0.3, 0.4) is 0 Å². The number of aromatic nitrogens is 2. The molecule has 0 aliphatic rings. The first kappa shape index (κ1) is 7.73. The van der Waals surface area contributed by atoms with Gasteiger partial charge in [0, 0.05) is 16.9 Å². The summed E-state index contributed by atoms with van der Waals surface area (Å²) in [6, 6.07) is 3.27. The molecule has 0 spiro atoms. The van der Waals surface area contributed by atoms with Gasteiger partial charge in [0.2, 0.25) is 0 Å². The second-order valence-corrected chi connectivity index (χ2v) is 3.51. The summed E-state index contributed by atoms with van der Waals surface area (Å²) in [5.74, 6) is -0.251. The lowest BCUT2D eigenvalue weighted by Crippen LogP contribution is -1.91. The third-order valence-corrected chi connectivity index (χ3v) is 2.21. The molecule has 0 atom stereocenters. The lowest BCUT2D eigenvalue weighted by atomic mass is 10.2. The van der Waals surface area contributed by atoms with Gasteiger partial charge in [0.25, 0.3) is 0 Å². The van der Waals surface area contributed by atoms with Gasteiger partial charge in [-0.2, -0.15) is 5.10 Å². The van der Waals surface area contributed by atoms with Gasteiger partial charge in [0.1, 0.15) is 11.3 Å². The summed E-state index contributed by atoms with van der Waals surface area (Å²) in [5, 5.41) is 4.76. The highest BCUT2D eigenvalue weighted by Crippen LogP contribution is 2.22. The summed E-state index contributed by atoms with van der Waals surface area (Å²) < 4.78 is 15.5. The Morgan fingerprint density at radius 2 is 2.25 bits per heavy atom. The highest BCUT2D eigenvalue weighted by Gasteiger charge is 2.06. The van der Waals surface area contributed by atoms with Crippen LogP contribution in [0, 0.1) is 5.82 Å². The highest BCUT2D eigenvalue weighted by atomic mass is 79.9. The third-order valence-electron chi connectivity index (χ3n) is 1.75. The maximum atomic E-state index is 13.3. The third kappa shape index (κ3) is 1.03. The van der Waals surface area contributed by atoms with Gasteiger partial charge >= 0.3 is 0 Å². The minimum absolute atomic E-state index is 0.251. The van der Waals surface area contributed by atoms with Gasteiger partial charge in [-0.1, -0.05) is 15.9 Å². The number of fused-ring (bicyclic) bond motifs is 1. The van der Waals surface area contributed by atoms with E-state index in [1.807, 2.05) is 6.07 Å². The molecular weight excluding hydrogens is 223 g/mol. The van der Waals surface area contributed by atoms with Crippen molar-refractivity contribution in [3.8, 4) is 0 Å². The molecule has 0 amide bonds. The van der Waals surface area contributed by atoms with Gasteiger partial charge in [-0.15, -0.1) is 0 Å². The SMILES string of the molecule is Cn1ncc2cc(Br)cc(F)c21. The molecule has 0 unspecified atom stereocenters. The summed E-state index contributed by atoms with van der Waals surface area (Å²) in [6.45, 7) is 0. The maximum absolute atomic E-state index is 13.3. The molecule has 4 heteroatoms. The molecule has 0 N–H and O–H groups in total. The molecule has 2 rings (SSSR count). The Balaban J connectivity index is 2.93. The molecule has 62 valence electrons. The number of hydrogen-bond acceptors (Lipinski definition) is 1. The summed E-state index contributed by atoms with van der Waals surface area (Å²) in [6.07, 6.45) is 1.64. The van der Waals surface area contributed by atoms with Gasteiger partial charge in [0.15, 0.2) is 0 Å². The van der Waals surface area contributed by atoms with Crippen molar-refractivity contribution in [3.63, 3.8) is 0 Å². The zero-order valence-corrected chi connectivity index (χ0v) is 7.97. The second kappa shape index (κ2) is 2.55. The Morgan fingerprint density at radius 1 is 1.50 bits per heavy atom. The minimum atomic E-state index is -0.251. The fourth-order valence-electron chi connectivity index (χ4n) is 1.23. The average molecular weight is 229 g/mol. The fourth-order valence-corrected chi connectivity index (χ4v) is 1.68. The van der Waals surface area contributed by atoms with Crippen molar-refractivity contribution in [3.05, 3.63) is 28.6 Å². The van der Waals surface area contributed by atoms with E-state index in [0.717, 1.165) is 9.86 Å². The van der Waals surface area contributed by atoms with Gasteiger partial charge in [-0.3, -0.25) is 4.68 Å². The van der Waals surface area contributed by atoms with Crippen LogP contribution in [-0.4, -0.2) is 9.78 Å². The van der Waals surface area contributed by atoms with Crippen molar-refractivity contribution in [2.24, 2.45) is 7.05 Å². The first-order valence-electron chi connectivity index (χ1n) is 3.45. The molecule has 2 aromatic rings. The fraction of sp³-hybridized carbons (Fsp3) is 0.125. The predicted molar refractivity (Wildman–Crippen MR) is 48.4 cm³/mol.